The lowest BCUT2D eigenvalue weighted by Crippen LogP contribution is -2.22. The van der Waals surface area contributed by atoms with E-state index in [9.17, 15) is 14.4 Å². The van der Waals surface area contributed by atoms with Gasteiger partial charge in [0.15, 0.2) is 0 Å². The molecule has 0 bridgehead atoms. The molecule has 2 N–H and O–H groups in total. The first-order valence-corrected chi connectivity index (χ1v) is 12.4. The lowest BCUT2D eigenvalue weighted by molar-refractivity contribution is -0.151. The maximum Gasteiger partial charge on any atom is 0.309 e. The zero-order valence-electron chi connectivity index (χ0n) is 22.1. The molecule has 0 aromatic rings. The van der Waals surface area contributed by atoms with Crippen LogP contribution in [-0.2, 0) is 19.1 Å². The fourth-order valence-corrected chi connectivity index (χ4v) is 4.05. The molecule has 6 heteroatoms. The van der Waals surface area contributed by atoms with E-state index in [2.05, 4.69) is 44.2 Å². The number of ether oxygens (including phenoxy) is 1. The predicted molar refractivity (Wildman–Crippen MR) is 142 cm³/mol. The van der Waals surface area contributed by atoms with Crippen molar-refractivity contribution in [3.05, 3.63) is 37.0 Å². The second-order valence-corrected chi connectivity index (χ2v) is 9.30. The maximum atomic E-state index is 11.0. The Morgan fingerprint density at radius 3 is 2.31 bits per heavy atom. The Morgan fingerprint density at radius 2 is 1.83 bits per heavy atom. The molecule has 0 spiro atoms. The molecule has 2 aliphatic rings. The van der Waals surface area contributed by atoms with Crippen LogP contribution in [0.15, 0.2) is 37.0 Å². The van der Waals surface area contributed by atoms with Crippen molar-refractivity contribution in [2.45, 2.75) is 98.0 Å². The smallest absolute Gasteiger partial charge is 0.309 e. The molecule has 2 rings (SSSR count). The standard InChI is InChI=1S/C19H28O4.C6H12O2.C2H4.C2H2/c1-14(20)23-17(13-19(21)22)11-4-2-7-15-9-6-10-16-8-3-5-12-18(15)16;1-4-6(2,3)5(7)8;2*1-2/h6,8,10,15,17-18H,2-5,7,9,11-13H2,1H3,(H,21,22);4H2,1-3H3,(H,7,8);1-2H2;1-2H. The van der Waals surface area contributed by atoms with Crippen LogP contribution in [0.25, 0.3) is 0 Å². The summed E-state index contributed by atoms with van der Waals surface area (Å²) in [5.74, 6) is -0.591. The SMILES string of the molecule is C#C.C=C.CC(=O)OC(CCCCC1CC=CC2=CCCCC21)CC(=O)O.CCC(C)(C)C(=O)O. The van der Waals surface area contributed by atoms with E-state index in [1.807, 2.05) is 6.92 Å². The minimum Gasteiger partial charge on any atom is -0.481 e. The van der Waals surface area contributed by atoms with Gasteiger partial charge in [0, 0.05) is 6.92 Å². The second kappa shape index (κ2) is 19.5. The van der Waals surface area contributed by atoms with Crippen LogP contribution in [0.1, 0.15) is 91.9 Å². The Hall–Kier alpha value is -2.81. The number of carboxylic acid groups (broad SMARTS) is 2. The first kappa shape index (κ1) is 34.4. The number of rotatable bonds is 10. The number of unbranched alkanes of at least 4 members (excludes halogenated alkanes) is 1. The van der Waals surface area contributed by atoms with Crippen molar-refractivity contribution in [2.75, 3.05) is 0 Å². The number of carbonyl (C=O) groups is 3. The van der Waals surface area contributed by atoms with E-state index in [4.69, 9.17) is 14.9 Å². The molecule has 3 atom stereocenters. The van der Waals surface area contributed by atoms with Crippen LogP contribution in [0.2, 0.25) is 0 Å². The van der Waals surface area contributed by atoms with Crippen molar-refractivity contribution < 1.29 is 29.3 Å². The van der Waals surface area contributed by atoms with Gasteiger partial charge in [0.25, 0.3) is 0 Å². The van der Waals surface area contributed by atoms with Crippen LogP contribution in [0.4, 0.5) is 0 Å². The van der Waals surface area contributed by atoms with E-state index in [1.54, 1.807) is 13.8 Å². The third-order valence-electron chi connectivity index (χ3n) is 6.39. The molecule has 6 nitrogen and oxygen atoms in total. The molecule has 0 saturated heterocycles. The summed E-state index contributed by atoms with van der Waals surface area (Å²) in [4.78, 5) is 32.1. The normalized spacial score (nSPS) is 18.9. The summed E-state index contributed by atoms with van der Waals surface area (Å²) in [5, 5.41) is 17.3. The Balaban J connectivity index is 0. The number of fused-ring (bicyclic) bond motifs is 1. The molecule has 2 aliphatic carbocycles. The van der Waals surface area contributed by atoms with E-state index < -0.39 is 29.4 Å². The molecule has 3 unspecified atom stereocenters. The lowest BCUT2D eigenvalue weighted by Gasteiger charge is -2.33. The van der Waals surface area contributed by atoms with Gasteiger partial charge in [-0.05, 0) is 82.6 Å². The molecule has 0 aliphatic heterocycles. The van der Waals surface area contributed by atoms with Crippen LogP contribution < -0.4 is 0 Å². The minimum absolute atomic E-state index is 0.0960. The van der Waals surface area contributed by atoms with Crippen molar-refractivity contribution in [2.24, 2.45) is 17.3 Å². The number of esters is 1. The summed E-state index contributed by atoms with van der Waals surface area (Å²) in [6, 6.07) is 0. The number of carbonyl (C=O) groups excluding carboxylic acids is 1. The van der Waals surface area contributed by atoms with Gasteiger partial charge in [-0.15, -0.1) is 26.0 Å². The quantitative estimate of drug-likeness (QED) is 0.151. The molecular formula is C29H46O6. The highest BCUT2D eigenvalue weighted by molar-refractivity contribution is 5.73. The summed E-state index contributed by atoms with van der Waals surface area (Å²) in [6.07, 6.45) is 23.8. The van der Waals surface area contributed by atoms with Crippen molar-refractivity contribution in [3.63, 3.8) is 0 Å². The molecule has 0 fully saturated rings. The molecule has 0 amide bonds. The molecule has 0 radical (unpaired) electrons. The van der Waals surface area contributed by atoms with Gasteiger partial charge in [0.2, 0.25) is 0 Å². The summed E-state index contributed by atoms with van der Waals surface area (Å²) in [6.45, 7) is 12.6. The van der Waals surface area contributed by atoms with Gasteiger partial charge in [-0.25, -0.2) is 0 Å². The van der Waals surface area contributed by atoms with Crippen LogP contribution in [0.5, 0.6) is 0 Å². The highest BCUT2D eigenvalue weighted by atomic mass is 16.5. The summed E-state index contributed by atoms with van der Waals surface area (Å²) in [5.41, 5.74) is 0.983. The predicted octanol–water partition coefficient (Wildman–Crippen LogP) is 6.81. The Kier molecular flexibility index (Phi) is 19.1. The van der Waals surface area contributed by atoms with Gasteiger partial charge in [-0.2, -0.15) is 0 Å². The molecule has 0 saturated carbocycles. The number of aliphatic carboxylic acids is 2. The molecule has 0 aromatic carbocycles. The third kappa shape index (κ3) is 14.9. The summed E-state index contributed by atoms with van der Waals surface area (Å²) < 4.78 is 5.10. The van der Waals surface area contributed by atoms with Crippen molar-refractivity contribution in [1.29, 1.82) is 0 Å². The van der Waals surface area contributed by atoms with Gasteiger partial charge in [-0.3, -0.25) is 14.4 Å². The molecule has 0 aromatic heterocycles. The van der Waals surface area contributed by atoms with Crippen LogP contribution in [0.3, 0.4) is 0 Å². The summed E-state index contributed by atoms with van der Waals surface area (Å²) in [7, 11) is 0. The van der Waals surface area contributed by atoms with Crippen LogP contribution in [-0.4, -0.2) is 34.2 Å². The number of carboxylic acids is 2. The van der Waals surface area contributed by atoms with E-state index in [0.29, 0.717) is 12.8 Å². The molecule has 0 heterocycles. The van der Waals surface area contributed by atoms with Gasteiger partial charge in [0.1, 0.15) is 6.10 Å². The Labute approximate surface area is 212 Å². The van der Waals surface area contributed by atoms with Gasteiger partial charge in [-0.1, -0.05) is 31.6 Å². The van der Waals surface area contributed by atoms with Gasteiger partial charge in [0.05, 0.1) is 11.8 Å². The number of terminal acetylenes is 1. The van der Waals surface area contributed by atoms with Crippen molar-refractivity contribution >= 4 is 17.9 Å². The van der Waals surface area contributed by atoms with Crippen molar-refractivity contribution in [3.8, 4) is 12.8 Å². The Bertz CT molecular complexity index is 700. The van der Waals surface area contributed by atoms with Crippen LogP contribution >= 0.6 is 0 Å². The number of hydrogen-bond donors (Lipinski definition) is 2. The Morgan fingerprint density at radius 1 is 1.20 bits per heavy atom. The third-order valence-corrected chi connectivity index (χ3v) is 6.39. The monoisotopic (exact) mass is 490 g/mol. The van der Waals surface area contributed by atoms with E-state index in [1.165, 1.54) is 38.2 Å². The molecule has 198 valence electrons. The first-order valence-electron chi connectivity index (χ1n) is 12.4. The van der Waals surface area contributed by atoms with Gasteiger partial charge < -0.3 is 14.9 Å². The largest absolute Gasteiger partial charge is 0.481 e. The second-order valence-electron chi connectivity index (χ2n) is 9.30. The van der Waals surface area contributed by atoms with E-state index in [-0.39, 0.29) is 6.42 Å². The minimum atomic E-state index is -0.911. The first-order chi connectivity index (χ1) is 16.6. The fraction of sp³-hybridized carbons (Fsp3) is 0.621. The topological polar surface area (TPSA) is 101 Å². The average molecular weight is 491 g/mol. The van der Waals surface area contributed by atoms with Crippen LogP contribution in [0, 0.1) is 30.1 Å². The summed E-state index contributed by atoms with van der Waals surface area (Å²) >= 11 is 0. The zero-order valence-corrected chi connectivity index (χ0v) is 22.1. The maximum absolute atomic E-state index is 11.0. The highest BCUT2D eigenvalue weighted by Crippen LogP contribution is 2.39. The fourth-order valence-electron chi connectivity index (χ4n) is 4.05. The zero-order chi connectivity index (χ0) is 27.4. The molecular weight excluding hydrogens is 444 g/mol. The highest BCUT2D eigenvalue weighted by Gasteiger charge is 2.27. The van der Waals surface area contributed by atoms with Gasteiger partial charge >= 0.3 is 17.9 Å². The number of allylic oxidation sites excluding steroid dienone is 4. The van der Waals surface area contributed by atoms with Crippen molar-refractivity contribution in [1.82, 2.24) is 0 Å². The average Bonchev–Trinajstić information content (AvgIpc) is 2.84. The number of hydrogen-bond acceptors (Lipinski definition) is 4. The molecule has 35 heavy (non-hydrogen) atoms. The van der Waals surface area contributed by atoms with E-state index in [0.717, 1.165) is 31.1 Å². The lowest BCUT2D eigenvalue weighted by atomic mass is 9.72. The van der Waals surface area contributed by atoms with E-state index >= 15 is 0 Å².